The van der Waals surface area contributed by atoms with E-state index in [9.17, 15) is 14.9 Å². The molecule has 7 heteroatoms. The SMILES string of the molecule is Cc1cc([N+](=O)[O-])c(C)cc1NC(=O)c1cn[nH]c1C. The van der Waals surface area contributed by atoms with Crippen LogP contribution in [0.15, 0.2) is 18.3 Å². The molecular weight excluding hydrogens is 260 g/mol. The molecule has 0 fully saturated rings. The number of carbonyl (C=O) groups excluding carboxylic acids is 1. The van der Waals surface area contributed by atoms with Crippen molar-refractivity contribution in [2.45, 2.75) is 20.8 Å². The number of aromatic nitrogens is 2. The predicted octanol–water partition coefficient (Wildman–Crippen LogP) is 2.50. The maximum Gasteiger partial charge on any atom is 0.272 e. The average molecular weight is 274 g/mol. The normalized spacial score (nSPS) is 10.3. The third kappa shape index (κ3) is 2.51. The Hall–Kier alpha value is -2.70. The fourth-order valence-corrected chi connectivity index (χ4v) is 1.90. The number of carbonyl (C=O) groups is 1. The van der Waals surface area contributed by atoms with Gasteiger partial charge in [-0.1, -0.05) is 0 Å². The number of nitrogens with one attached hydrogen (secondary N) is 2. The van der Waals surface area contributed by atoms with E-state index in [-0.39, 0.29) is 11.6 Å². The van der Waals surface area contributed by atoms with Gasteiger partial charge >= 0.3 is 0 Å². The number of amides is 1. The lowest BCUT2D eigenvalue weighted by Crippen LogP contribution is -2.13. The number of nitro groups is 1. The highest BCUT2D eigenvalue weighted by atomic mass is 16.6. The molecule has 0 aliphatic heterocycles. The quantitative estimate of drug-likeness (QED) is 0.663. The van der Waals surface area contributed by atoms with Crippen LogP contribution in [0, 0.1) is 30.9 Å². The summed E-state index contributed by atoms with van der Waals surface area (Å²) in [5.74, 6) is -0.299. The maximum atomic E-state index is 12.1. The van der Waals surface area contributed by atoms with Crippen molar-refractivity contribution in [2.75, 3.05) is 5.32 Å². The van der Waals surface area contributed by atoms with Crippen LogP contribution in [0.1, 0.15) is 27.2 Å². The van der Waals surface area contributed by atoms with E-state index in [4.69, 9.17) is 0 Å². The number of nitrogens with zero attached hydrogens (tertiary/aromatic N) is 2. The Labute approximate surface area is 115 Å². The Morgan fingerprint density at radius 3 is 2.55 bits per heavy atom. The minimum atomic E-state index is -0.436. The molecule has 0 spiro atoms. The Kier molecular flexibility index (Phi) is 3.51. The molecule has 1 aromatic carbocycles. The maximum absolute atomic E-state index is 12.1. The molecule has 0 atom stereocenters. The molecule has 0 aliphatic carbocycles. The number of benzene rings is 1. The van der Waals surface area contributed by atoms with Gasteiger partial charge < -0.3 is 5.32 Å². The molecule has 1 aromatic heterocycles. The lowest BCUT2D eigenvalue weighted by Gasteiger charge is -2.09. The number of nitro benzene ring substituents is 1. The summed E-state index contributed by atoms with van der Waals surface area (Å²) >= 11 is 0. The largest absolute Gasteiger partial charge is 0.322 e. The van der Waals surface area contributed by atoms with Crippen molar-refractivity contribution in [3.63, 3.8) is 0 Å². The van der Waals surface area contributed by atoms with Crippen molar-refractivity contribution in [1.82, 2.24) is 10.2 Å². The molecule has 2 aromatic rings. The number of aromatic amines is 1. The Balaban J connectivity index is 2.31. The van der Waals surface area contributed by atoms with Gasteiger partial charge in [-0.3, -0.25) is 20.0 Å². The monoisotopic (exact) mass is 274 g/mol. The molecule has 0 saturated carbocycles. The standard InChI is InChI=1S/C13H14N4O3/c1-7-5-12(17(19)20)8(2)4-11(7)15-13(18)10-6-14-16-9(10)3/h4-6H,1-3H3,(H,14,16)(H,15,18). The number of rotatable bonds is 3. The summed E-state index contributed by atoms with van der Waals surface area (Å²) in [5, 5.41) is 20.1. The van der Waals surface area contributed by atoms with Crippen LogP contribution in [0.5, 0.6) is 0 Å². The summed E-state index contributed by atoms with van der Waals surface area (Å²) in [6.45, 7) is 5.09. The van der Waals surface area contributed by atoms with Crippen LogP contribution in [0.4, 0.5) is 11.4 Å². The van der Waals surface area contributed by atoms with Gasteiger partial charge in [0, 0.05) is 23.0 Å². The van der Waals surface area contributed by atoms with Crippen molar-refractivity contribution in [3.05, 3.63) is 50.8 Å². The molecule has 0 unspecified atom stereocenters. The van der Waals surface area contributed by atoms with E-state index in [1.54, 1.807) is 26.8 Å². The molecule has 7 nitrogen and oxygen atoms in total. The zero-order valence-corrected chi connectivity index (χ0v) is 11.4. The third-order valence-electron chi connectivity index (χ3n) is 3.06. The van der Waals surface area contributed by atoms with Gasteiger partial charge in [0.1, 0.15) is 0 Å². The van der Waals surface area contributed by atoms with Gasteiger partial charge in [-0.25, -0.2) is 0 Å². The number of aryl methyl sites for hydroxylation is 3. The van der Waals surface area contributed by atoms with Crippen LogP contribution >= 0.6 is 0 Å². The molecule has 0 bridgehead atoms. The molecule has 2 N–H and O–H groups in total. The van der Waals surface area contributed by atoms with E-state index in [0.717, 1.165) is 0 Å². The van der Waals surface area contributed by atoms with E-state index in [2.05, 4.69) is 15.5 Å². The summed E-state index contributed by atoms with van der Waals surface area (Å²) in [7, 11) is 0. The predicted molar refractivity (Wildman–Crippen MR) is 73.8 cm³/mol. The van der Waals surface area contributed by atoms with Gasteiger partial charge in [0.2, 0.25) is 0 Å². The van der Waals surface area contributed by atoms with Gasteiger partial charge in [0.25, 0.3) is 11.6 Å². The molecule has 20 heavy (non-hydrogen) atoms. The molecule has 0 aliphatic rings. The molecule has 1 amide bonds. The Bertz CT molecular complexity index is 691. The summed E-state index contributed by atoms with van der Waals surface area (Å²) in [5.41, 5.74) is 2.84. The zero-order chi connectivity index (χ0) is 14.9. The van der Waals surface area contributed by atoms with E-state index in [1.165, 1.54) is 12.3 Å². The molecule has 2 rings (SSSR count). The van der Waals surface area contributed by atoms with Crippen LogP contribution < -0.4 is 5.32 Å². The van der Waals surface area contributed by atoms with Crippen LogP contribution in [-0.4, -0.2) is 21.0 Å². The van der Waals surface area contributed by atoms with Crippen LogP contribution in [0.2, 0.25) is 0 Å². The van der Waals surface area contributed by atoms with Gasteiger partial charge in [0.05, 0.1) is 16.7 Å². The van der Waals surface area contributed by atoms with Crippen molar-refractivity contribution in [3.8, 4) is 0 Å². The van der Waals surface area contributed by atoms with Crippen LogP contribution in [0.25, 0.3) is 0 Å². The van der Waals surface area contributed by atoms with Gasteiger partial charge in [-0.05, 0) is 32.4 Å². The second kappa shape index (κ2) is 5.12. The highest BCUT2D eigenvalue weighted by molar-refractivity contribution is 6.05. The lowest BCUT2D eigenvalue weighted by atomic mass is 10.1. The first kappa shape index (κ1) is 13.7. The molecule has 1 heterocycles. The first-order valence-electron chi connectivity index (χ1n) is 5.97. The summed E-state index contributed by atoms with van der Waals surface area (Å²) in [6, 6.07) is 3.05. The number of hydrogen-bond acceptors (Lipinski definition) is 4. The second-order valence-corrected chi connectivity index (χ2v) is 4.57. The highest BCUT2D eigenvalue weighted by Crippen LogP contribution is 2.26. The minimum absolute atomic E-state index is 0.0417. The van der Waals surface area contributed by atoms with Gasteiger partial charge in [0.15, 0.2) is 0 Å². The Morgan fingerprint density at radius 1 is 1.30 bits per heavy atom. The van der Waals surface area contributed by atoms with E-state index >= 15 is 0 Å². The van der Waals surface area contributed by atoms with Crippen molar-refractivity contribution < 1.29 is 9.72 Å². The second-order valence-electron chi connectivity index (χ2n) is 4.57. The van der Waals surface area contributed by atoms with Crippen molar-refractivity contribution in [2.24, 2.45) is 0 Å². The van der Waals surface area contributed by atoms with Gasteiger partial charge in [-0.15, -0.1) is 0 Å². The first-order valence-corrected chi connectivity index (χ1v) is 5.97. The van der Waals surface area contributed by atoms with Gasteiger partial charge in [-0.2, -0.15) is 5.10 Å². The molecule has 0 saturated heterocycles. The van der Waals surface area contributed by atoms with Crippen molar-refractivity contribution in [1.29, 1.82) is 0 Å². The van der Waals surface area contributed by atoms with Crippen LogP contribution in [0.3, 0.4) is 0 Å². The van der Waals surface area contributed by atoms with E-state index in [1.807, 2.05) is 0 Å². The number of H-pyrrole nitrogens is 1. The van der Waals surface area contributed by atoms with Crippen molar-refractivity contribution >= 4 is 17.3 Å². The fraction of sp³-hybridized carbons (Fsp3) is 0.231. The van der Waals surface area contributed by atoms with E-state index < -0.39 is 4.92 Å². The molecular formula is C13H14N4O3. The summed E-state index contributed by atoms with van der Waals surface area (Å²) in [4.78, 5) is 22.5. The molecule has 104 valence electrons. The minimum Gasteiger partial charge on any atom is -0.322 e. The molecule has 0 radical (unpaired) electrons. The lowest BCUT2D eigenvalue weighted by molar-refractivity contribution is -0.385. The van der Waals surface area contributed by atoms with E-state index in [0.29, 0.717) is 28.1 Å². The third-order valence-corrected chi connectivity index (χ3v) is 3.06. The summed E-state index contributed by atoms with van der Waals surface area (Å²) in [6.07, 6.45) is 1.44. The fourth-order valence-electron chi connectivity index (χ4n) is 1.90. The average Bonchev–Trinajstić information content (AvgIpc) is 2.79. The highest BCUT2D eigenvalue weighted by Gasteiger charge is 2.16. The zero-order valence-electron chi connectivity index (χ0n) is 11.4. The van der Waals surface area contributed by atoms with Crippen LogP contribution in [-0.2, 0) is 0 Å². The first-order chi connectivity index (χ1) is 9.40. The topological polar surface area (TPSA) is 101 Å². The summed E-state index contributed by atoms with van der Waals surface area (Å²) < 4.78 is 0. The smallest absolute Gasteiger partial charge is 0.272 e. The number of hydrogen-bond donors (Lipinski definition) is 2. The number of anilines is 1. The Morgan fingerprint density at radius 2 is 2.00 bits per heavy atom.